The van der Waals surface area contributed by atoms with E-state index in [1.807, 2.05) is 13.0 Å². The molecule has 7 nitrogen and oxygen atoms in total. The van der Waals surface area contributed by atoms with Gasteiger partial charge in [0.2, 0.25) is 9.84 Å². The van der Waals surface area contributed by atoms with Gasteiger partial charge in [0, 0.05) is 17.1 Å². The average molecular weight is 410 g/mol. The molecule has 0 spiro atoms. The van der Waals surface area contributed by atoms with Gasteiger partial charge in [0.05, 0.1) is 10.4 Å². The first-order chi connectivity index (χ1) is 13.9. The molecule has 1 aliphatic heterocycles. The van der Waals surface area contributed by atoms with Gasteiger partial charge in [-0.1, -0.05) is 18.2 Å². The minimum atomic E-state index is -3.81. The van der Waals surface area contributed by atoms with E-state index in [-0.39, 0.29) is 15.5 Å². The number of hydrogen-bond acceptors (Lipinski definition) is 5. The van der Waals surface area contributed by atoms with Gasteiger partial charge in [-0.25, -0.2) is 18.4 Å². The fraction of sp³-hybridized carbons (Fsp3) is 0.333. The van der Waals surface area contributed by atoms with Crippen molar-refractivity contribution in [3.05, 3.63) is 48.4 Å². The Bertz CT molecular complexity index is 1320. The Balaban J connectivity index is 1.87. The molecule has 0 radical (unpaired) electrons. The monoisotopic (exact) mass is 409 g/mol. The number of benzene rings is 1. The lowest BCUT2D eigenvalue weighted by atomic mass is 9.89. The normalized spacial score (nSPS) is 17.2. The van der Waals surface area contributed by atoms with Crippen molar-refractivity contribution < 1.29 is 8.42 Å². The molecular weight excluding hydrogens is 386 g/mol. The molecule has 150 valence electrons. The van der Waals surface area contributed by atoms with Gasteiger partial charge in [-0.3, -0.25) is 0 Å². The van der Waals surface area contributed by atoms with Crippen molar-refractivity contribution in [2.75, 3.05) is 13.1 Å². The van der Waals surface area contributed by atoms with E-state index in [4.69, 9.17) is 4.98 Å². The maximum Gasteiger partial charge on any atom is 0.226 e. The van der Waals surface area contributed by atoms with Crippen LogP contribution in [-0.2, 0) is 15.4 Å². The lowest BCUT2D eigenvalue weighted by molar-refractivity contribution is 0.234. The van der Waals surface area contributed by atoms with E-state index in [9.17, 15) is 8.42 Å². The second-order valence-corrected chi connectivity index (χ2v) is 9.78. The summed E-state index contributed by atoms with van der Waals surface area (Å²) in [5.74, 6) is 0.810. The molecule has 0 amide bonds. The molecule has 0 bridgehead atoms. The molecular formula is C21H23N5O2S. The molecule has 0 aliphatic carbocycles. The van der Waals surface area contributed by atoms with Crippen LogP contribution in [0.15, 0.2) is 52.5 Å². The molecule has 5 rings (SSSR count). The zero-order valence-electron chi connectivity index (χ0n) is 16.4. The summed E-state index contributed by atoms with van der Waals surface area (Å²) in [5, 5.41) is 4.31. The lowest BCUT2D eigenvalue weighted by Crippen LogP contribution is -2.42. The van der Waals surface area contributed by atoms with Gasteiger partial charge in [0.1, 0.15) is 17.0 Å². The van der Waals surface area contributed by atoms with Crippen molar-refractivity contribution >= 4 is 31.9 Å². The molecule has 2 N–H and O–H groups in total. The minimum Gasteiger partial charge on any atom is -0.346 e. The van der Waals surface area contributed by atoms with E-state index in [0.717, 1.165) is 42.7 Å². The first kappa shape index (κ1) is 18.3. The number of nitrogens with zero attached hydrogens (tertiary/aromatic N) is 3. The lowest BCUT2D eigenvalue weighted by Gasteiger charge is -2.37. The Hall–Kier alpha value is -2.71. The van der Waals surface area contributed by atoms with Gasteiger partial charge in [-0.2, -0.15) is 0 Å². The maximum absolute atomic E-state index is 13.5. The molecule has 8 heteroatoms. The molecule has 1 saturated heterocycles. The van der Waals surface area contributed by atoms with Crippen LogP contribution >= 0.6 is 0 Å². The largest absolute Gasteiger partial charge is 0.346 e. The van der Waals surface area contributed by atoms with Crippen LogP contribution in [0.5, 0.6) is 0 Å². The van der Waals surface area contributed by atoms with Crippen LogP contribution in [0.3, 0.4) is 0 Å². The number of imidazole rings is 1. The van der Waals surface area contributed by atoms with Crippen LogP contribution in [0.25, 0.3) is 22.1 Å². The van der Waals surface area contributed by atoms with Crippen molar-refractivity contribution in [3.8, 4) is 0 Å². The van der Waals surface area contributed by atoms with Gasteiger partial charge in [-0.05, 0) is 58.0 Å². The molecule has 4 heterocycles. The molecule has 0 saturated carbocycles. The molecule has 1 aromatic carbocycles. The highest BCUT2D eigenvalue weighted by Crippen LogP contribution is 2.38. The number of rotatable bonds is 3. The van der Waals surface area contributed by atoms with E-state index >= 15 is 0 Å². The summed E-state index contributed by atoms with van der Waals surface area (Å²) in [6.45, 7) is 6.02. The maximum atomic E-state index is 13.5. The van der Waals surface area contributed by atoms with Gasteiger partial charge in [0.15, 0.2) is 5.03 Å². The Labute approximate surface area is 169 Å². The van der Waals surface area contributed by atoms with E-state index in [0.29, 0.717) is 11.2 Å². The Morgan fingerprint density at radius 3 is 2.52 bits per heavy atom. The Morgan fingerprint density at radius 2 is 1.79 bits per heavy atom. The Morgan fingerprint density at radius 1 is 1.07 bits per heavy atom. The topological polar surface area (TPSA) is 92.7 Å². The number of H-pyrrole nitrogens is 1. The number of pyridine rings is 1. The van der Waals surface area contributed by atoms with Crippen molar-refractivity contribution in [3.63, 3.8) is 0 Å². The number of hydrogen-bond donors (Lipinski definition) is 2. The summed E-state index contributed by atoms with van der Waals surface area (Å²) in [7, 11) is -3.81. The zero-order chi connectivity index (χ0) is 20.2. The van der Waals surface area contributed by atoms with E-state index in [1.165, 1.54) is 0 Å². The van der Waals surface area contributed by atoms with Crippen molar-refractivity contribution in [2.45, 2.75) is 42.1 Å². The number of sulfone groups is 1. The second-order valence-electron chi connectivity index (χ2n) is 7.91. The van der Waals surface area contributed by atoms with Crippen molar-refractivity contribution in [1.82, 2.24) is 24.8 Å². The smallest absolute Gasteiger partial charge is 0.226 e. The van der Waals surface area contributed by atoms with E-state index in [1.54, 1.807) is 36.5 Å². The molecule has 3 aromatic heterocycles. The molecule has 1 aliphatic rings. The van der Waals surface area contributed by atoms with E-state index in [2.05, 4.69) is 26.8 Å². The molecule has 4 aromatic rings. The summed E-state index contributed by atoms with van der Waals surface area (Å²) in [4.78, 5) is 12.6. The third-order valence-electron chi connectivity index (χ3n) is 5.97. The summed E-state index contributed by atoms with van der Waals surface area (Å²) in [6, 6.07) is 10.4. The second kappa shape index (κ2) is 6.40. The predicted octanol–water partition coefficient (Wildman–Crippen LogP) is 3.15. The highest BCUT2D eigenvalue weighted by molar-refractivity contribution is 7.91. The van der Waals surface area contributed by atoms with Gasteiger partial charge >= 0.3 is 0 Å². The quantitative estimate of drug-likeness (QED) is 0.542. The first-order valence-electron chi connectivity index (χ1n) is 9.79. The standard InChI is InChI=1S/C21H23N5O2S/c1-14-24-17-18(26(14)21(2)9-12-22-13-10-21)16-8-11-23-19(16)25-20(17)29(27,28)15-6-4-3-5-7-15/h3-8,11,22H,9-10,12-13H2,1-2H3,(H,23,25). The Kier molecular flexibility index (Phi) is 4.04. The summed E-state index contributed by atoms with van der Waals surface area (Å²) >= 11 is 0. The highest BCUT2D eigenvalue weighted by Gasteiger charge is 2.35. The number of fused-ring (bicyclic) bond motifs is 3. The number of aromatic amines is 1. The van der Waals surface area contributed by atoms with Gasteiger partial charge in [0.25, 0.3) is 0 Å². The number of nitrogens with one attached hydrogen (secondary N) is 2. The molecule has 0 unspecified atom stereocenters. The third-order valence-corrected chi connectivity index (χ3v) is 7.66. The summed E-state index contributed by atoms with van der Waals surface area (Å²) in [6.07, 6.45) is 3.70. The van der Waals surface area contributed by atoms with Crippen LogP contribution in [0.1, 0.15) is 25.6 Å². The van der Waals surface area contributed by atoms with E-state index < -0.39 is 9.84 Å². The number of aryl methyl sites for hydroxylation is 1. The average Bonchev–Trinajstić information content (AvgIpc) is 3.32. The number of aromatic nitrogens is 4. The van der Waals surface area contributed by atoms with Gasteiger partial charge in [-0.15, -0.1) is 0 Å². The van der Waals surface area contributed by atoms with Crippen LogP contribution < -0.4 is 5.32 Å². The third kappa shape index (κ3) is 2.70. The summed E-state index contributed by atoms with van der Waals surface area (Å²) < 4.78 is 29.1. The highest BCUT2D eigenvalue weighted by atomic mass is 32.2. The first-order valence-corrected chi connectivity index (χ1v) is 11.3. The molecule has 1 fully saturated rings. The van der Waals surface area contributed by atoms with Crippen LogP contribution in [0.2, 0.25) is 0 Å². The number of piperidine rings is 1. The predicted molar refractivity (Wildman–Crippen MR) is 112 cm³/mol. The van der Waals surface area contributed by atoms with Crippen molar-refractivity contribution in [1.29, 1.82) is 0 Å². The molecule has 0 atom stereocenters. The SMILES string of the molecule is Cc1nc2c(S(=O)(=O)c3ccccc3)nc3[nH]ccc3c2n1C1(C)CCNCC1. The zero-order valence-corrected chi connectivity index (χ0v) is 17.3. The van der Waals surface area contributed by atoms with Crippen LogP contribution in [-0.4, -0.2) is 41.0 Å². The van der Waals surface area contributed by atoms with Gasteiger partial charge < -0.3 is 14.9 Å². The minimum absolute atomic E-state index is 0.00744. The summed E-state index contributed by atoms with van der Waals surface area (Å²) in [5.41, 5.74) is 1.71. The van der Waals surface area contributed by atoms with Crippen molar-refractivity contribution in [2.24, 2.45) is 0 Å². The fourth-order valence-corrected chi connectivity index (χ4v) is 5.82. The van der Waals surface area contributed by atoms with Crippen LogP contribution in [0, 0.1) is 6.92 Å². The molecule has 29 heavy (non-hydrogen) atoms. The van der Waals surface area contributed by atoms with Crippen LogP contribution in [0.4, 0.5) is 0 Å². The fourth-order valence-electron chi connectivity index (χ4n) is 4.48.